The van der Waals surface area contributed by atoms with Gasteiger partial charge in [0.1, 0.15) is 16.2 Å². The van der Waals surface area contributed by atoms with E-state index in [1.807, 2.05) is 54.6 Å². The predicted molar refractivity (Wildman–Crippen MR) is 86.9 cm³/mol. The highest BCUT2D eigenvalue weighted by Crippen LogP contribution is 2.09. The van der Waals surface area contributed by atoms with Crippen LogP contribution in [0.25, 0.3) is 0 Å². The molecule has 0 bridgehead atoms. The van der Waals surface area contributed by atoms with Crippen molar-refractivity contribution in [2.75, 3.05) is 0 Å². The molecule has 3 aromatic heterocycles. The number of rotatable bonds is 4. The standard InChI is InChI=1S/C18H14O3Si/c1-2-7-15(8-3-1)22(16-9-4-12-19-16,17-10-5-13-20-17)18-11-6-14-21-18/h1-14H. The van der Waals surface area contributed by atoms with Crippen LogP contribution < -0.4 is 21.3 Å². The maximum Gasteiger partial charge on any atom is 0.305 e. The first-order chi connectivity index (χ1) is 10.9. The summed E-state index contributed by atoms with van der Waals surface area (Å²) in [6, 6.07) is 22.0. The van der Waals surface area contributed by atoms with E-state index in [4.69, 9.17) is 13.3 Å². The van der Waals surface area contributed by atoms with E-state index in [9.17, 15) is 0 Å². The lowest BCUT2D eigenvalue weighted by atomic mass is 10.4. The molecule has 0 aliphatic carbocycles. The number of furan rings is 3. The van der Waals surface area contributed by atoms with Gasteiger partial charge in [-0.05, 0) is 41.6 Å². The Balaban J connectivity index is 2.10. The van der Waals surface area contributed by atoms with E-state index < -0.39 is 8.07 Å². The lowest BCUT2D eigenvalue weighted by molar-refractivity contribution is 0.573. The molecular weight excluding hydrogens is 292 g/mol. The van der Waals surface area contributed by atoms with Gasteiger partial charge in [-0.3, -0.25) is 0 Å². The number of benzene rings is 1. The molecule has 0 spiro atoms. The zero-order chi connectivity index (χ0) is 14.8. The van der Waals surface area contributed by atoms with Crippen LogP contribution in [0.15, 0.2) is 98.8 Å². The fraction of sp³-hybridized carbons (Fsp3) is 0. The van der Waals surface area contributed by atoms with Crippen molar-refractivity contribution in [1.82, 2.24) is 0 Å². The molecule has 4 heteroatoms. The van der Waals surface area contributed by atoms with Gasteiger partial charge in [0.15, 0.2) is 0 Å². The second kappa shape index (κ2) is 5.24. The summed E-state index contributed by atoms with van der Waals surface area (Å²) >= 11 is 0. The van der Waals surface area contributed by atoms with Crippen molar-refractivity contribution >= 4 is 29.4 Å². The van der Waals surface area contributed by atoms with Gasteiger partial charge in [0.2, 0.25) is 0 Å². The molecule has 0 N–H and O–H groups in total. The molecule has 0 amide bonds. The second-order valence-corrected chi connectivity index (χ2v) is 8.60. The van der Waals surface area contributed by atoms with E-state index in [0.717, 1.165) is 21.3 Å². The normalized spacial score (nSPS) is 11.6. The molecular formula is C18H14O3Si. The minimum atomic E-state index is -2.64. The van der Waals surface area contributed by atoms with Crippen molar-refractivity contribution < 1.29 is 13.3 Å². The van der Waals surface area contributed by atoms with Gasteiger partial charge in [0, 0.05) is 0 Å². The predicted octanol–water partition coefficient (Wildman–Crippen LogP) is 1.84. The first-order valence-corrected chi connectivity index (χ1v) is 9.10. The molecule has 4 aromatic rings. The molecule has 108 valence electrons. The number of hydrogen-bond acceptors (Lipinski definition) is 3. The average Bonchev–Trinajstić information content (AvgIpc) is 3.34. The highest BCUT2D eigenvalue weighted by Gasteiger charge is 2.50. The van der Waals surface area contributed by atoms with Crippen molar-refractivity contribution in [1.29, 1.82) is 0 Å². The Morgan fingerprint density at radius 1 is 0.500 bits per heavy atom. The van der Waals surface area contributed by atoms with Gasteiger partial charge in [-0.25, -0.2) is 0 Å². The molecule has 3 nitrogen and oxygen atoms in total. The lowest BCUT2D eigenvalue weighted by Gasteiger charge is -2.25. The minimum absolute atomic E-state index is 0.892. The van der Waals surface area contributed by atoms with E-state index >= 15 is 0 Å². The van der Waals surface area contributed by atoms with Crippen molar-refractivity contribution in [3.8, 4) is 0 Å². The third kappa shape index (κ3) is 1.81. The van der Waals surface area contributed by atoms with Crippen LogP contribution in [0.3, 0.4) is 0 Å². The van der Waals surface area contributed by atoms with Crippen LogP contribution in [-0.4, -0.2) is 8.07 Å². The molecule has 3 heterocycles. The van der Waals surface area contributed by atoms with Crippen LogP contribution in [0.5, 0.6) is 0 Å². The zero-order valence-electron chi connectivity index (χ0n) is 11.8. The summed E-state index contributed by atoms with van der Waals surface area (Å²) in [5.74, 6) is 0. The molecule has 22 heavy (non-hydrogen) atoms. The quantitative estimate of drug-likeness (QED) is 0.540. The summed E-state index contributed by atoms with van der Waals surface area (Å²) in [6.45, 7) is 0. The second-order valence-electron chi connectivity index (χ2n) is 5.05. The summed E-state index contributed by atoms with van der Waals surface area (Å²) in [4.78, 5) is 0. The topological polar surface area (TPSA) is 39.4 Å². The molecule has 0 fully saturated rings. The molecule has 4 rings (SSSR count). The SMILES string of the molecule is c1ccc([Si](c2ccco2)(c2ccco2)c2ccco2)cc1. The molecule has 1 aromatic carbocycles. The van der Waals surface area contributed by atoms with E-state index in [1.54, 1.807) is 18.8 Å². The summed E-state index contributed by atoms with van der Waals surface area (Å²) in [6.07, 6.45) is 5.10. The van der Waals surface area contributed by atoms with Crippen molar-refractivity contribution in [2.45, 2.75) is 0 Å². The largest absolute Gasteiger partial charge is 0.473 e. The molecule has 0 unspecified atom stereocenters. The summed E-state index contributed by atoms with van der Waals surface area (Å²) in [5.41, 5.74) is 0. The minimum Gasteiger partial charge on any atom is -0.473 e. The monoisotopic (exact) mass is 306 g/mol. The molecule has 0 atom stereocenters. The van der Waals surface area contributed by atoms with E-state index in [-0.39, 0.29) is 0 Å². The molecule has 0 aliphatic rings. The van der Waals surface area contributed by atoms with Gasteiger partial charge < -0.3 is 13.3 Å². The summed E-state index contributed by atoms with van der Waals surface area (Å²) in [5, 5.41) is 3.84. The van der Waals surface area contributed by atoms with E-state index in [1.165, 1.54) is 0 Å². The van der Waals surface area contributed by atoms with Gasteiger partial charge in [-0.15, -0.1) is 0 Å². The Hall–Kier alpha value is -2.72. The van der Waals surface area contributed by atoms with Crippen LogP contribution in [0.1, 0.15) is 0 Å². The van der Waals surface area contributed by atoms with Gasteiger partial charge in [-0.1, -0.05) is 30.3 Å². The highest BCUT2D eigenvalue weighted by molar-refractivity contribution is 7.18. The zero-order valence-corrected chi connectivity index (χ0v) is 12.8. The Morgan fingerprint density at radius 3 is 1.32 bits per heavy atom. The van der Waals surface area contributed by atoms with Crippen LogP contribution in [0.4, 0.5) is 0 Å². The van der Waals surface area contributed by atoms with Crippen LogP contribution in [-0.2, 0) is 0 Å². The summed E-state index contributed by atoms with van der Waals surface area (Å²) in [7, 11) is -2.64. The Bertz CT molecular complexity index is 732. The smallest absolute Gasteiger partial charge is 0.305 e. The first kappa shape index (κ1) is 13.0. The van der Waals surface area contributed by atoms with Crippen LogP contribution >= 0.6 is 0 Å². The summed E-state index contributed by atoms with van der Waals surface area (Å²) < 4.78 is 17.5. The van der Waals surface area contributed by atoms with E-state index in [0.29, 0.717) is 0 Å². The average molecular weight is 306 g/mol. The molecule has 0 aliphatic heterocycles. The van der Waals surface area contributed by atoms with Crippen molar-refractivity contribution in [2.24, 2.45) is 0 Å². The lowest BCUT2D eigenvalue weighted by Crippen LogP contribution is -2.74. The van der Waals surface area contributed by atoms with Gasteiger partial charge in [0.25, 0.3) is 0 Å². The Kier molecular flexibility index (Phi) is 3.09. The molecule has 0 saturated carbocycles. The fourth-order valence-electron chi connectivity index (χ4n) is 2.96. The van der Waals surface area contributed by atoms with Crippen molar-refractivity contribution in [3.05, 3.63) is 85.5 Å². The molecule has 0 saturated heterocycles. The first-order valence-electron chi connectivity index (χ1n) is 7.10. The molecule has 0 radical (unpaired) electrons. The van der Waals surface area contributed by atoms with E-state index in [2.05, 4.69) is 12.1 Å². The van der Waals surface area contributed by atoms with Gasteiger partial charge in [0.05, 0.1) is 18.8 Å². The van der Waals surface area contributed by atoms with Crippen LogP contribution in [0, 0.1) is 0 Å². The number of hydrogen-bond donors (Lipinski definition) is 0. The Morgan fingerprint density at radius 2 is 0.955 bits per heavy atom. The highest BCUT2D eigenvalue weighted by atomic mass is 28.3. The third-order valence-electron chi connectivity index (χ3n) is 3.88. The van der Waals surface area contributed by atoms with Gasteiger partial charge in [-0.2, -0.15) is 0 Å². The van der Waals surface area contributed by atoms with Crippen molar-refractivity contribution in [3.63, 3.8) is 0 Å². The maximum absolute atomic E-state index is 5.84. The Labute approximate surface area is 128 Å². The fourth-order valence-corrected chi connectivity index (χ4v) is 7.00. The van der Waals surface area contributed by atoms with Crippen LogP contribution in [0.2, 0.25) is 0 Å². The maximum atomic E-state index is 5.84. The third-order valence-corrected chi connectivity index (χ3v) is 8.15. The van der Waals surface area contributed by atoms with Gasteiger partial charge >= 0.3 is 8.07 Å².